The second-order valence-corrected chi connectivity index (χ2v) is 11.0. The SMILES string of the molecule is Cc1nc(N2C(=O)c3oc4ccc(Br)cc4c(=O)c3C2c2cccc(OCc3ccccc3)c2)sc1C. The van der Waals surface area contributed by atoms with Gasteiger partial charge in [0.1, 0.15) is 17.9 Å². The van der Waals surface area contributed by atoms with Crippen molar-refractivity contribution in [2.24, 2.45) is 0 Å². The quantitative estimate of drug-likeness (QED) is 0.227. The molecular weight excluding hydrogens is 552 g/mol. The van der Waals surface area contributed by atoms with Gasteiger partial charge in [0.2, 0.25) is 5.76 Å². The van der Waals surface area contributed by atoms with Crippen LogP contribution in [0.15, 0.2) is 86.5 Å². The summed E-state index contributed by atoms with van der Waals surface area (Å²) in [4.78, 5) is 34.9. The fourth-order valence-corrected chi connectivity index (χ4v) is 5.83. The third-order valence-corrected chi connectivity index (χ3v) is 8.04. The highest BCUT2D eigenvalue weighted by molar-refractivity contribution is 9.10. The lowest BCUT2D eigenvalue weighted by Gasteiger charge is -2.23. The van der Waals surface area contributed by atoms with E-state index in [1.54, 1.807) is 23.1 Å². The number of amides is 1. The fraction of sp³-hybridized carbons (Fsp3) is 0.138. The van der Waals surface area contributed by atoms with Crippen molar-refractivity contribution in [2.75, 3.05) is 4.90 Å². The molecule has 6 rings (SSSR count). The molecule has 1 atom stereocenters. The zero-order valence-electron chi connectivity index (χ0n) is 20.0. The van der Waals surface area contributed by atoms with Crippen LogP contribution in [0.2, 0.25) is 0 Å². The van der Waals surface area contributed by atoms with Gasteiger partial charge < -0.3 is 9.15 Å². The summed E-state index contributed by atoms with van der Waals surface area (Å²) in [6.07, 6.45) is 0. The smallest absolute Gasteiger partial charge is 0.297 e. The predicted octanol–water partition coefficient (Wildman–Crippen LogP) is 6.96. The summed E-state index contributed by atoms with van der Waals surface area (Å²) in [6, 6.07) is 21.9. The van der Waals surface area contributed by atoms with Crippen LogP contribution in [-0.2, 0) is 6.61 Å². The second-order valence-electron chi connectivity index (χ2n) is 8.88. The van der Waals surface area contributed by atoms with Crippen LogP contribution in [0, 0.1) is 13.8 Å². The Morgan fingerprint density at radius 2 is 1.84 bits per heavy atom. The Kier molecular flexibility index (Phi) is 5.93. The Hall–Kier alpha value is -3.75. The molecule has 37 heavy (non-hydrogen) atoms. The Bertz CT molecular complexity index is 1710. The lowest BCUT2D eigenvalue weighted by Crippen LogP contribution is -2.29. The molecule has 0 saturated heterocycles. The van der Waals surface area contributed by atoms with E-state index < -0.39 is 6.04 Å². The van der Waals surface area contributed by atoms with E-state index in [9.17, 15) is 9.59 Å². The molecule has 0 N–H and O–H groups in total. The van der Waals surface area contributed by atoms with Gasteiger partial charge in [-0.15, -0.1) is 11.3 Å². The number of hydrogen-bond donors (Lipinski definition) is 0. The molecule has 2 aromatic heterocycles. The third kappa shape index (κ3) is 4.16. The molecule has 3 aromatic carbocycles. The van der Waals surface area contributed by atoms with Gasteiger partial charge in [0.05, 0.1) is 22.7 Å². The van der Waals surface area contributed by atoms with Gasteiger partial charge in [0.25, 0.3) is 5.91 Å². The summed E-state index contributed by atoms with van der Waals surface area (Å²) < 4.78 is 12.9. The van der Waals surface area contributed by atoms with E-state index in [1.165, 1.54) is 11.3 Å². The number of thiazole rings is 1. The van der Waals surface area contributed by atoms with Crippen LogP contribution in [0.1, 0.15) is 43.9 Å². The summed E-state index contributed by atoms with van der Waals surface area (Å²) in [6.45, 7) is 4.28. The van der Waals surface area contributed by atoms with Crippen LogP contribution in [0.25, 0.3) is 11.0 Å². The maximum atomic E-state index is 13.8. The number of carbonyl (C=O) groups excluding carboxylic acids is 1. The first-order chi connectivity index (χ1) is 17.9. The number of benzene rings is 3. The number of ether oxygens (including phenoxy) is 1. The van der Waals surface area contributed by atoms with Crippen LogP contribution >= 0.6 is 27.3 Å². The monoisotopic (exact) mass is 572 g/mol. The van der Waals surface area contributed by atoms with Crippen molar-refractivity contribution in [3.8, 4) is 5.75 Å². The molecule has 0 fully saturated rings. The molecule has 184 valence electrons. The average Bonchev–Trinajstić information content (AvgIpc) is 3.39. The summed E-state index contributed by atoms with van der Waals surface area (Å²) >= 11 is 4.86. The summed E-state index contributed by atoms with van der Waals surface area (Å²) in [5, 5.41) is 0.937. The number of halogens is 1. The number of aryl methyl sites for hydroxylation is 2. The van der Waals surface area contributed by atoms with Crippen molar-refractivity contribution < 1.29 is 13.9 Å². The van der Waals surface area contributed by atoms with Gasteiger partial charge in [-0.3, -0.25) is 14.5 Å². The Balaban J connectivity index is 1.50. The standard InChI is InChI=1S/C29H21BrN2O4S/c1-16-17(2)37-29(31-16)32-25(19-9-6-10-21(13-19)35-15-18-7-4-3-5-8-18)24-26(33)22-14-20(30)11-12-23(22)36-27(24)28(32)34/h3-14,25H,15H2,1-2H3. The first kappa shape index (κ1) is 23.6. The maximum Gasteiger partial charge on any atom is 0.297 e. The van der Waals surface area contributed by atoms with E-state index in [-0.39, 0.29) is 17.1 Å². The van der Waals surface area contributed by atoms with Crippen molar-refractivity contribution >= 4 is 49.3 Å². The minimum Gasteiger partial charge on any atom is -0.489 e. The first-order valence-electron chi connectivity index (χ1n) is 11.7. The number of aromatic nitrogens is 1. The largest absolute Gasteiger partial charge is 0.489 e. The molecule has 3 heterocycles. The highest BCUT2D eigenvalue weighted by atomic mass is 79.9. The van der Waals surface area contributed by atoms with Gasteiger partial charge in [-0.1, -0.05) is 58.4 Å². The number of nitrogens with zero attached hydrogens (tertiary/aromatic N) is 2. The zero-order valence-corrected chi connectivity index (χ0v) is 22.4. The topological polar surface area (TPSA) is 72.6 Å². The number of rotatable bonds is 5. The number of carbonyl (C=O) groups is 1. The summed E-state index contributed by atoms with van der Waals surface area (Å²) in [5.74, 6) is 0.304. The van der Waals surface area contributed by atoms with Crippen molar-refractivity contribution in [3.05, 3.63) is 121 Å². The van der Waals surface area contributed by atoms with Gasteiger partial charge in [-0.05, 0) is 55.3 Å². The van der Waals surface area contributed by atoms with Crippen molar-refractivity contribution in [1.29, 1.82) is 0 Å². The van der Waals surface area contributed by atoms with Crippen LogP contribution in [-0.4, -0.2) is 10.9 Å². The zero-order chi connectivity index (χ0) is 25.7. The molecule has 6 nitrogen and oxygen atoms in total. The Labute approximate surface area is 225 Å². The van der Waals surface area contributed by atoms with Crippen LogP contribution in [0.3, 0.4) is 0 Å². The lowest BCUT2D eigenvalue weighted by atomic mass is 9.98. The maximum absolute atomic E-state index is 13.8. The van der Waals surface area contributed by atoms with E-state index in [2.05, 4.69) is 20.9 Å². The van der Waals surface area contributed by atoms with Gasteiger partial charge in [0.15, 0.2) is 10.6 Å². The number of fused-ring (bicyclic) bond motifs is 2. The Morgan fingerprint density at radius 1 is 1.03 bits per heavy atom. The molecule has 8 heteroatoms. The van der Waals surface area contributed by atoms with Crippen molar-refractivity contribution in [2.45, 2.75) is 26.5 Å². The molecule has 0 radical (unpaired) electrons. The highest BCUT2D eigenvalue weighted by Crippen LogP contribution is 2.43. The summed E-state index contributed by atoms with van der Waals surface area (Å²) in [7, 11) is 0. The normalized spacial score (nSPS) is 14.8. The minimum absolute atomic E-state index is 0.0472. The van der Waals surface area contributed by atoms with E-state index in [0.29, 0.717) is 34.0 Å². The molecule has 0 saturated carbocycles. The van der Waals surface area contributed by atoms with Crippen LogP contribution in [0.4, 0.5) is 5.13 Å². The molecule has 0 aliphatic carbocycles. The predicted molar refractivity (Wildman–Crippen MR) is 148 cm³/mol. The molecule has 0 bridgehead atoms. The first-order valence-corrected chi connectivity index (χ1v) is 13.3. The van der Waals surface area contributed by atoms with Gasteiger partial charge in [0, 0.05) is 9.35 Å². The molecule has 1 aliphatic rings. The molecular formula is C29H21BrN2O4S. The molecule has 1 aliphatic heterocycles. The van der Waals surface area contributed by atoms with E-state index >= 15 is 0 Å². The number of hydrogen-bond acceptors (Lipinski definition) is 6. The third-order valence-electron chi connectivity index (χ3n) is 6.48. The lowest BCUT2D eigenvalue weighted by molar-refractivity contribution is 0.0971. The average molecular weight is 573 g/mol. The molecule has 1 unspecified atom stereocenters. The van der Waals surface area contributed by atoms with Gasteiger partial charge in [-0.2, -0.15) is 0 Å². The highest BCUT2D eigenvalue weighted by Gasteiger charge is 2.45. The molecule has 1 amide bonds. The van der Waals surface area contributed by atoms with E-state index in [4.69, 9.17) is 9.15 Å². The van der Waals surface area contributed by atoms with Gasteiger partial charge >= 0.3 is 0 Å². The van der Waals surface area contributed by atoms with Gasteiger partial charge in [-0.25, -0.2) is 4.98 Å². The van der Waals surface area contributed by atoms with E-state index in [0.717, 1.165) is 26.2 Å². The fourth-order valence-electron chi connectivity index (χ4n) is 4.53. The minimum atomic E-state index is -0.702. The van der Waals surface area contributed by atoms with Crippen LogP contribution in [0.5, 0.6) is 5.75 Å². The second kappa shape index (κ2) is 9.28. The number of anilines is 1. The molecule has 0 spiro atoms. The van der Waals surface area contributed by atoms with Crippen LogP contribution < -0.4 is 15.1 Å². The Morgan fingerprint density at radius 3 is 2.59 bits per heavy atom. The van der Waals surface area contributed by atoms with Crippen molar-refractivity contribution in [3.63, 3.8) is 0 Å². The summed E-state index contributed by atoms with van der Waals surface area (Å²) in [5.41, 5.74) is 3.07. The molecule has 5 aromatic rings. The van der Waals surface area contributed by atoms with Crippen molar-refractivity contribution in [1.82, 2.24) is 4.98 Å². The van der Waals surface area contributed by atoms with E-state index in [1.807, 2.05) is 68.4 Å².